The summed E-state index contributed by atoms with van der Waals surface area (Å²) < 4.78 is 27.8. The van der Waals surface area contributed by atoms with Crippen molar-refractivity contribution < 1.29 is 18.1 Å². The van der Waals surface area contributed by atoms with Crippen molar-refractivity contribution in [1.82, 2.24) is 0 Å². The van der Waals surface area contributed by atoms with Gasteiger partial charge in [-0.1, -0.05) is 54.8 Å². The molecule has 3 aromatic rings. The third-order valence-corrected chi connectivity index (χ3v) is 7.17. The summed E-state index contributed by atoms with van der Waals surface area (Å²) in [6.07, 6.45) is 2.85. The predicted molar refractivity (Wildman–Crippen MR) is 128 cm³/mol. The Morgan fingerprint density at radius 1 is 1.03 bits per heavy atom. The highest BCUT2D eigenvalue weighted by Gasteiger charge is 2.33. The summed E-state index contributed by atoms with van der Waals surface area (Å²) in [5, 5.41) is 10.8. The Hall–Kier alpha value is -3.23. The first-order valence-corrected chi connectivity index (χ1v) is 12.2. The van der Waals surface area contributed by atoms with Gasteiger partial charge in [-0.15, -0.1) is 0 Å². The second kappa shape index (κ2) is 10.1. The van der Waals surface area contributed by atoms with E-state index in [-0.39, 0.29) is 26.9 Å². The topological polar surface area (TPSA) is 97.6 Å². The molecule has 0 bridgehead atoms. The number of nitro benzene ring substituents is 1. The third kappa shape index (κ3) is 5.40. The van der Waals surface area contributed by atoms with E-state index in [1.807, 2.05) is 6.92 Å². The number of carbonyl (C=O) groups is 1. The number of anilines is 1. The molecule has 3 rings (SSSR count). The Morgan fingerprint density at radius 2 is 1.67 bits per heavy atom. The van der Waals surface area contributed by atoms with Crippen LogP contribution in [-0.2, 0) is 16.4 Å². The van der Waals surface area contributed by atoms with Gasteiger partial charge in [0, 0.05) is 12.1 Å². The maximum absolute atomic E-state index is 13.6. The van der Waals surface area contributed by atoms with Crippen molar-refractivity contribution >= 4 is 38.9 Å². The number of nitrogens with zero attached hydrogens (tertiary/aromatic N) is 2. The van der Waals surface area contributed by atoms with E-state index in [0.29, 0.717) is 4.31 Å². The van der Waals surface area contributed by atoms with Gasteiger partial charge in [-0.3, -0.25) is 14.9 Å². The number of hydrogen-bond acceptors (Lipinski definition) is 5. The molecule has 0 N–H and O–H groups in total. The van der Waals surface area contributed by atoms with Crippen molar-refractivity contribution in [2.75, 3.05) is 4.31 Å². The van der Waals surface area contributed by atoms with Gasteiger partial charge in [0.25, 0.3) is 21.6 Å². The molecule has 0 radical (unpaired) electrons. The molecule has 0 fully saturated rings. The lowest BCUT2D eigenvalue weighted by Crippen LogP contribution is -2.37. The fourth-order valence-corrected chi connectivity index (χ4v) is 4.92. The molecule has 0 spiro atoms. The van der Waals surface area contributed by atoms with Crippen molar-refractivity contribution in [2.45, 2.75) is 38.0 Å². The van der Waals surface area contributed by atoms with E-state index in [2.05, 4.69) is 6.92 Å². The molecule has 33 heavy (non-hydrogen) atoms. The van der Waals surface area contributed by atoms with E-state index in [0.717, 1.165) is 48.6 Å². The Bertz CT molecular complexity index is 1270. The van der Waals surface area contributed by atoms with Crippen LogP contribution in [0.4, 0.5) is 11.4 Å². The molecule has 172 valence electrons. The summed E-state index contributed by atoms with van der Waals surface area (Å²) in [5.41, 5.74) is 1.58. The molecular formula is C24H23ClN2O5S. The second-order valence-corrected chi connectivity index (χ2v) is 9.77. The number of sulfonamides is 1. The summed E-state index contributed by atoms with van der Waals surface area (Å²) in [6.45, 7) is 3.90. The van der Waals surface area contributed by atoms with Gasteiger partial charge in [-0.2, -0.15) is 4.31 Å². The summed E-state index contributed by atoms with van der Waals surface area (Å²) in [7, 11) is -4.30. The minimum absolute atomic E-state index is 0.0606. The highest BCUT2D eigenvalue weighted by atomic mass is 35.5. The number of amides is 1. The Labute approximate surface area is 197 Å². The van der Waals surface area contributed by atoms with E-state index in [9.17, 15) is 23.3 Å². The lowest BCUT2D eigenvalue weighted by molar-refractivity contribution is -0.384. The van der Waals surface area contributed by atoms with Gasteiger partial charge in [0.05, 0.1) is 26.1 Å². The number of halogens is 1. The predicted octanol–water partition coefficient (Wildman–Crippen LogP) is 5.93. The third-order valence-electron chi connectivity index (χ3n) is 5.13. The zero-order valence-electron chi connectivity index (χ0n) is 18.2. The van der Waals surface area contributed by atoms with Crippen molar-refractivity contribution in [3.05, 3.63) is 98.6 Å². The fourth-order valence-electron chi connectivity index (χ4n) is 3.26. The molecule has 0 aliphatic rings. The summed E-state index contributed by atoms with van der Waals surface area (Å²) in [4.78, 5) is 23.8. The number of rotatable bonds is 8. The molecule has 0 unspecified atom stereocenters. The van der Waals surface area contributed by atoms with Crippen molar-refractivity contribution in [1.29, 1.82) is 0 Å². The number of hydrogen-bond donors (Lipinski definition) is 0. The molecule has 0 saturated carbocycles. The average Bonchev–Trinajstić information content (AvgIpc) is 2.78. The zero-order valence-corrected chi connectivity index (χ0v) is 19.8. The van der Waals surface area contributed by atoms with Gasteiger partial charge >= 0.3 is 0 Å². The van der Waals surface area contributed by atoms with Crippen LogP contribution < -0.4 is 4.31 Å². The van der Waals surface area contributed by atoms with Gasteiger partial charge in [0.2, 0.25) is 0 Å². The molecule has 0 saturated heterocycles. The molecule has 0 aliphatic heterocycles. The zero-order chi connectivity index (χ0) is 24.2. The lowest BCUT2D eigenvalue weighted by Gasteiger charge is -2.23. The quantitative estimate of drug-likeness (QED) is 0.290. The number of unbranched alkanes of at least 4 members (excludes halogenated alkanes) is 1. The van der Waals surface area contributed by atoms with Crippen LogP contribution >= 0.6 is 11.6 Å². The minimum Gasteiger partial charge on any atom is -0.268 e. The molecular weight excluding hydrogens is 464 g/mol. The van der Waals surface area contributed by atoms with Gasteiger partial charge in [-0.05, 0) is 55.7 Å². The second-order valence-electron chi connectivity index (χ2n) is 7.58. The molecule has 0 atom stereocenters. The fraction of sp³-hybridized carbons (Fsp3) is 0.208. The van der Waals surface area contributed by atoms with Gasteiger partial charge in [0.1, 0.15) is 0 Å². The number of nitro groups is 1. The highest BCUT2D eigenvalue weighted by Crippen LogP contribution is 2.30. The van der Waals surface area contributed by atoms with Gasteiger partial charge < -0.3 is 0 Å². The van der Waals surface area contributed by atoms with Crippen LogP contribution in [0.25, 0.3) is 0 Å². The van der Waals surface area contributed by atoms with E-state index < -0.39 is 20.9 Å². The van der Waals surface area contributed by atoms with Crippen LogP contribution in [0.2, 0.25) is 5.02 Å². The summed E-state index contributed by atoms with van der Waals surface area (Å²) >= 11 is 6.15. The first-order valence-electron chi connectivity index (χ1n) is 10.3. The molecule has 7 nitrogen and oxygen atoms in total. The van der Waals surface area contributed by atoms with E-state index in [4.69, 9.17) is 11.6 Å². The van der Waals surface area contributed by atoms with E-state index in [1.165, 1.54) is 12.1 Å². The van der Waals surface area contributed by atoms with Crippen molar-refractivity contribution in [2.24, 2.45) is 0 Å². The molecule has 9 heteroatoms. The number of benzene rings is 3. The number of carbonyl (C=O) groups excluding carboxylic acids is 1. The molecule has 0 aromatic heterocycles. The maximum Gasteiger partial charge on any atom is 0.273 e. The Balaban J connectivity index is 2.12. The molecule has 1 amide bonds. The first kappa shape index (κ1) is 24.4. The first-order chi connectivity index (χ1) is 15.6. The molecule has 3 aromatic carbocycles. The molecule has 0 heterocycles. The Kier molecular flexibility index (Phi) is 7.50. The normalized spacial score (nSPS) is 11.2. The van der Waals surface area contributed by atoms with Crippen LogP contribution in [0.5, 0.6) is 0 Å². The van der Waals surface area contributed by atoms with Crippen molar-refractivity contribution in [3.63, 3.8) is 0 Å². The van der Waals surface area contributed by atoms with Crippen LogP contribution in [0, 0.1) is 17.0 Å². The largest absolute Gasteiger partial charge is 0.273 e. The number of aryl methyl sites for hydroxylation is 2. The minimum atomic E-state index is -4.30. The van der Waals surface area contributed by atoms with Gasteiger partial charge in [0.15, 0.2) is 0 Å². The Morgan fingerprint density at radius 3 is 2.21 bits per heavy atom. The monoisotopic (exact) mass is 486 g/mol. The molecule has 0 aliphatic carbocycles. The standard InChI is InChI=1S/C24H23ClN2O5S/c1-3-4-5-18-8-10-19(11-9-18)26(33(31,32)21-13-6-17(2)7-14-21)24(28)22-15-12-20(27(29)30)16-23(22)25/h6-16H,3-5H2,1-2H3. The SMILES string of the molecule is CCCCc1ccc(N(C(=O)c2ccc([N+](=O)[O-])cc2Cl)S(=O)(=O)c2ccc(C)cc2)cc1. The van der Waals surface area contributed by atoms with Gasteiger partial charge in [-0.25, -0.2) is 8.42 Å². The maximum atomic E-state index is 13.6. The highest BCUT2D eigenvalue weighted by molar-refractivity contribution is 7.93. The smallest absolute Gasteiger partial charge is 0.268 e. The lowest BCUT2D eigenvalue weighted by atomic mass is 10.1. The average molecular weight is 487 g/mol. The van der Waals surface area contributed by atoms with E-state index in [1.54, 1.807) is 36.4 Å². The van der Waals surface area contributed by atoms with E-state index >= 15 is 0 Å². The number of non-ortho nitro benzene ring substituents is 1. The van der Waals surface area contributed by atoms with Crippen molar-refractivity contribution in [3.8, 4) is 0 Å². The van der Waals surface area contributed by atoms with Crippen LogP contribution in [0.1, 0.15) is 41.3 Å². The summed E-state index contributed by atoms with van der Waals surface area (Å²) in [5.74, 6) is -0.906. The summed E-state index contributed by atoms with van der Waals surface area (Å²) in [6, 6.07) is 16.2. The van der Waals surface area contributed by atoms with Crippen LogP contribution in [0.3, 0.4) is 0 Å². The van der Waals surface area contributed by atoms with Crippen LogP contribution in [0.15, 0.2) is 71.6 Å². The van der Waals surface area contributed by atoms with Crippen LogP contribution in [-0.4, -0.2) is 19.2 Å².